The Hall–Kier alpha value is -2.32. The van der Waals surface area contributed by atoms with Gasteiger partial charge in [0.25, 0.3) is 0 Å². The Morgan fingerprint density at radius 1 is 1.48 bits per heavy atom. The lowest BCUT2D eigenvalue weighted by Gasteiger charge is -2.13. The zero-order valence-electron chi connectivity index (χ0n) is 12.1. The van der Waals surface area contributed by atoms with Crippen molar-refractivity contribution in [2.45, 2.75) is 19.9 Å². The van der Waals surface area contributed by atoms with Crippen LogP contribution >= 0.6 is 0 Å². The summed E-state index contributed by atoms with van der Waals surface area (Å²) in [4.78, 5) is 14.2. The molecule has 1 aromatic heterocycles. The summed E-state index contributed by atoms with van der Waals surface area (Å²) in [5.41, 5.74) is 3.09. The molecule has 3 rings (SSSR count). The fraction of sp³-hybridized carbons (Fsp3) is 0.375. The summed E-state index contributed by atoms with van der Waals surface area (Å²) < 4.78 is 10.8. The van der Waals surface area contributed by atoms with E-state index in [1.165, 1.54) is 0 Å². The first kappa shape index (κ1) is 13.7. The highest BCUT2D eigenvalue weighted by Crippen LogP contribution is 2.34. The van der Waals surface area contributed by atoms with Gasteiger partial charge in [0.2, 0.25) is 5.76 Å². The van der Waals surface area contributed by atoms with E-state index in [9.17, 15) is 10.1 Å². The monoisotopic (exact) mass is 284 g/mol. The molecule has 0 saturated heterocycles. The second-order valence-electron chi connectivity index (χ2n) is 5.19. The third-order valence-electron chi connectivity index (χ3n) is 3.82. The molecule has 0 bridgehead atoms. The second-order valence-corrected chi connectivity index (χ2v) is 5.19. The minimum Gasteiger partial charge on any atom is -0.460 e. The van der Waals surface area contributed by atoms with Crippen LogP contribution in [0.1, 0.15) is 34.2 Å². The van der Waals surface area contributed by atoms with E-state index in [0.717, 1.165) is 29.5 Å². The summed E-state index contributed by atoms with van der Waals surface area (Å²) in [5, 5.41) is 10.2. The number of esters is 1. The normalized spacial score (nSPS) is 14.7. The van der Waals surface area contributed by atoms with E-state index in [2.05, 4.69) is 11.0 Å². The van der Waals surface area contributed by atoms with Crippen molar-refractivity contribution >= 4 is 16.9 Å². The maximum atomic E-state index is 12.1. The highest BCUT2D eigenvalue weighted by molar-refractivity contribution is 5.98. The smallest absolute Gasteiger partial charge is 0.374 e. The van der Waals surface area contributed by atoms with Gasteiger partial charge in [0, 0.05) is 24.0 Å². The van der Waals surface area contributed by atoms with Gasteiger partial charge in [-0.25, -0.2) is 4.79 Å². The zero-order valence-corrected chi connectivity index (χ0v) is 12.1. The molecule has 0 spiro atoms. The molecule has 0 atom stereocenters. The number of ether oxygens (including phenoxy) is 1. The van der Waals surface area contributed by atoms with Gasteiger partial charge in [-0.3, -0.25) is 0 Å². The second kappa shape index (κ2) is 5.23. The van der Waals surface area contributed by atoms with Gasteiger partial charge in [0.15, 0.2) is 0 Å². The number of rotatable bonds is 2. The molecule has 0 aliphatic carbocycles. The number of likely N-dealkylation sites (N-methyl/N-ethyl adjacent to an activating group) is 1. The maximum absolute atomic E-state index is 12.1. The van der Waals surface area contributed by atoms with Crippen molar-refractivity contribution in [3.63, 3.8) is 0 Å². The minimum atomic E-state index is -0.441. The summed E-state index contributed by atoms with van der Waals surface area (Å²) in [6.07, 6.45) is 0.769. The van der Waals surface area contributed by atoms with E-state index >= 15 is 0 Å². The Morgan fingerprint density at radius 2 is 2.29 bits per heavy atom. The van der Waals surface area contributed by atoms with Crippen molar-refractivity contribution in [1.29, 1.82) is 5.26 Å². The van der Waals surface area contributed by atoms with Crippen molar-refractivity contribution in [2.75, 3.05) is 20.2 Å². The van der Waals surface area contributed by atoms with Gasteiger partial charge in [-0.15, -0.1) is 0 Å². The van der Waals surface area contributed by atoms with Crippen LogP contribution in [0.2, 0.25) is 0 Å². The number of benzene rings is 1. The van der Waals surface area contributed by atoms with Crippen LogP contribution < -0.4 is 0 Å². The number of hydrogen-bond donors (Lipinski definition) is 0. The van der Waals surface area contributed by atoms with Crippen LogP contribution in [0.5, 0.6) is 0 Å². The van der Waals surface area contributed by atoms with Gasteiger partial charge in [-0.2, -0.15) is 5.26 Å². The number of nitriles is 1. The van der Waals surface area contributed by atoms with Gasteiger partial charge in [0.1, 0.15) is 5.58 Å². The number of furan rings is 1. The maximum Gasteiger partial charge on any atom is 0.374 e. The molecular formula is C16H16N2O3. The number of carbonyl (C=O) groups is 1. The van der Waals surface area contributed by atoms with Crippen molar-refractivity contribution < 1.29 is 13.9 Å². The Labute approximate surface area is 122 Å². The molecule has 2 aromatic rings. The van der Waals surface area contributed by atoms with Crippen molar-refractivity contribution in [3.8, 4) is 6.07 Å². The summed E-state index contributed by atoms with van der Waals surface area (Å²) in [7, 11) is 1.99. The Balaban J connectivity index is 2.28. The molecule has 1 aliphatic rings. The highest BCUT2D eigenvalue weighted by Gasteiger charge is 2.27. The summed E-state index contributed by atoms with van der Waals surface area (Å²) in [5.74, 6) is -0.180. The van der Waals surface area contributed by atoms with E-state index < -0.39 is 5.97 Å². The molecule has 0 unspecified atom stereocenters. The fourth-order valence-electron chi connectivity index (χ4n) is 2.86. The Bertz CT molecular complexity index is 755. The minimum absolute atomic E-state index is 0.261. The number of carbonyl (C=O) groups excluding carboxylic acids is 1. The topological polar surface area (TPSA) is 66.5 Å². The highest BCUT2D eigenvalue weighted by atomic mass is 16.5. The number of nitrogens with zero attached hydrogens (tertiary/aromatic N) is 2. The lowest BCUT2D eigenvalue weighted by atomic mass is 9.99. The Kier molecular flexibility index (Phi) is 3.40. The quantitative estimate of drug-likeness (QED) is 0.792. The summed E-state index contributed by atoms with van der Waals surface area (Å²) in [6, 6.07) is 5.74. The first-order valence-corrected chi connectivity index (χ1v) is 6.98. The first-order valence-electron chi connectivity index (χ1n) is 6.98. The van der Waals surface area contributed by atoms with E-state index in [1.807, 2.05) is 7.05 Å². The van der Waals surface area contributed by atoms with E-state index in [1.54, 1.807) is 19.1 Å². The van der Waals surface area contributed by atoms with Crippen LogP contribution in [0.4, 0.5) is 0 Å². The van der Waals surface area contributed by atoms with Crippen molar-refractivity contribution in [1.82, 2.24) is 4.90 Å². The third-order valence-corrected chi connectivity index (χ3v) is 3.82. The molecule has 1 aliphatic heterocycles. The molecule has 1 aromatic carbocycles. The van der Waals surface area contributed by atoms with Crippen LogP contribution in [-0.4, -0.2) is 31.1 Å². The predicted octanol–water partition coefficient (Wildman–Crippen LogP) is 2.47. The predicted molar refractivity (Wildman–Crippen MR) is 76.9 cm³/mol. The first-order chi connectivity index (χ1) is 10.2. The fourth-order valence-corrected chi connectivity index (χ4v) is 2.86. The molecule has 0 amide bonds. The average molecular weight is 284 g/mol. The van der Waals surface area contributed by atoms with Crippen LogP contribution in [-0.2, 0) is 17.7 Å². The molecule has 108 valence electrons. The Morgan fingerprint density at radius 3 is 3.00 bits per heavy atom. The molecule has 2 heterocycles. The summed E-state index contributed by atoms with van der Waals surface area (Å²) in [6.45, 7) is 3.53. The molecule has 0 saturated carbocycles. The van der Waals surface area contributed by atoms with Gasteiger partial charge in [-0.1, -0.05) is 0 Å². The lowest BCUT2D eigenvalue weighted by molar-refractivity contribution is 0.0489. The van der Waals surface area contributed by atoms with E-state index in [0.29, 0.717) is 24.3 Å². The number of hydrogen-bond acceptors (Lipinski definition) is 5. The molecule has 0 N–H and O–H groups in total. The average Bonchev–Trinajstić information content (AvgIpc) is 2.74. The van der Waals surface area contributed by atoms with Crippen LogP contribution in [0.3, 0.4) is 0 Å². The molecule has 0 fully saturated rings. The van der Waals surface area contributed by atoms with Crippen molar-refractivity contribution in [3.05, 3.63) is 34.6 Å². The van der Waals surface area contributed by atoms with Crippen molar-refractivity contribution in [2.24, 2.45) is 0 Å². The molecule has 5 heteroatoms. The SMILES string of the molecule is CCOC(=O)c1oc2ccc(C#N)c3c2c1CN(C)CC3. The standard InChI is InChI=1S/C16H16N2O3/c1-3-20-16(19)15-12-9-18(2)7-6-11-10(8-17)4-5-13(21-15)14(11)12/h4-5H,3,6-7,9H2,1-2H3. The van der Waals surface area contributed by atoms with E-state index in [4.69, 9.17) is 9.15 Å². The van der Waals surface area contributed by atoms with Gasteiger partial charge in [0.05, 0.1) is 18.2 Å². The summed E-state index contributed by atoms with van der Waals surface area (Å²) >= 11 is 0. The van der Waals surface area contributed by atoms with Crippen LogP contribution in [0.25, 0.3) is 11.0 Å². The molecule has 0 radical (unpaired) electrons. The largest absolute Gasteiger partial charge is 0.460 e. The van der Waals surface area contributed by atoms with Gasteiger partial charge < -0.3 is 14.1 Å². The van der Waals surface area contributed by atoms with Crippen LogP contribution in [0, 0.1) is 11.3 Å². The molecule has 5 nitrogen and oxygen atoms in total. The van der Waals surface area contributed by atoms with Gasteiger partial charge >= 0.3 is 5.97 Å². The lowest BCUT2D eigenvalue weighted by Crippen LogP contribution is -2.20. The molecular weight excluding hydrogens is 268 g/mol. The zero-order chi connectivity index (χ0) is 15.0. The van der Waals surface area contributed by atoms with Gasteiger partial charge in [-0.05, 0) is 38.1 Å². The van der Waals surface area contributed by atoms with Crippen LogP contribution in [0.15, 0.2) is 16.5 Å². The molecule has 21 heavy (non-hydrogen) atoms. The third kappa shape index (κ3) is 2.18. The van der Waals surface area contributed by atoms with E-state index in [-0.39, 0.29) is 5.76 Å².